The molecule has 0 radical (unpaired) electrons. The maximum atomic E-state index is 5.21. The van der Waals surface area contributed by atoms with Crippen molar-refractivity contribution >= 4 is 5.95 Å². The molecule has 0 aromatic carbocycles. The summed E-state index contributed by atoms with van der Waals surface area (Å²) in [5.41, 5.74) is 0. The van der Waals surface area contributed by atoms with E-state index in [2.05, 4.69) is 14.7 Å². The van der Waals surface area contributed by atoms with E-state index in [-0.39, 0.29) is 0 Å². The van der Waals surface area contributed by atoms with Gasteiger partial charge in [0, 0.05) is 7.05 Å². The molecule has 0 atom stereocenters. The van der Waals surface area contributed by atoms with Gasteiger partial charge in [0.2, 0.25) is 6.39 Å². The van der Waals surface area contributed by atoms with Crippen LogP contribution in [0.15, 0.2) is 10.9 Å². The van der Waals surface area contributed by atoms with Crippen molar-refractivity contribution in [2.75, 3.05) is 12.1 Å². The molecule has 5 nitrogen and oxygen atoms in total. The molecule has 0 saturated carbocycles. The lowest BCUT2D eigenvalue weighted by Crippen LogP contribution is -2.25. The molecule has 0 fully saturated rings. The molecule has 0 spiro atoms. The van der Waals surface area contributed by atoms with Gasteiger partial charge >= 0.3 is 0 Å². The minimum atomic E-state index is 0.380. The van der Waals surface area contributed by atoms with Gasteiger partial charge in [0.25, 0.3) is 5.95 Å². The lowest BCUT2D eigenvalue weighted by Gasteiger charge is -2.01. The highest BCUT2D eigenvalue weighted by Crippen LogP contribution is 1.94. The van der Waals surface area contributed by atoms with Crippen molar-refractivity contribution in [3.05, 3.63) is 6.39 Å². The first-order chi connectivity index (χ1) is 3.80. The summed E-state index contributed by atoms with van der Waals surface area (Å²) < 4.78 is 4.39. The van der Waals surface area contributed by atoms with Gasteiger partial charge in [0.15, 0.2) is 0 Å². The van der Waals surface area contributed by atoms with Crippen molar-refractivity contribution in [1.29, 1.82) is 0 Å². The van der Waals surface area contributed by atoms with Crippen LogP contribution in [0.1, 0.15) is 0 Å². The zero-order valence-electron chi connectivity index (χ0n) is 4.40. The molecule has 1 aromatic heterocycles. The zero-order valence-corrected chi connectivity index (χ0v) is 4.40. The van der Waals surface area contributed by atoms with E-state index in [4.69, 9.17) is 5.84 Å². The average Bonchev–Trinajstić information content (AvgIpc) is 2.12. The van der Waals surface area contributed by atoms with Crippen LogP contribution in [-0.4, -0.2) is 17.2 Å². The van der Waals surface area contributed by atoms with Gasteiger partial charge in [-0.3, -0.25) is 5.01 Å². The molecule has 0 bridgehead atoms. The Balaban J connectivity index is 2.77. The largest absolute Gasteiger partial charge is 0.341 e. The SMILES string of the molecule is CN(N)c1ncon1. The highest BCUT2D eigenvalue weighted by atomic mass is 16.5. The molecular weight excluding hydrogens is 108 g/mol. The standard InChI is InChI=1S/C3H6N4O/c1-7(4)3-5-2-8-6-3/h2H,4H2,1H3. The van der Waals surface area contributed by atoms with E-state index < -0.39 is 0 Å². The van der Waals surface area contributed by atoms with Crippen LogP contribution >= 0.6 is 0 Å². The molecule has 0 saturated heterocycles. The molecule has 5 heteroatoms. The Bertz CT molecular complexity index is 146. The number of aromatic nitrogens is 2. The first-order valence-electron chi connectivity index (χ1n) is 2.05. The first-order valence-corrected chi connectivity index (χ1v) is 2.05. The number of rotatable bonds is 1. The van der Waals surface area contributed by atoms with Gasteiger partial charge < -0.3 is 4.52 Å². The topological polar surface area (TPSA) is 68.2 Å². The zero-order chi connectivity index (χ0) is 5.98. The Morgan fingerprint density at radius 2 is 2.62 bits per heavy atom. The predicted molar refractivity (Wildman–Crippen MR) is 26.9 cm³/mol. The third kappa shape index (κ3) is 0.760. The highest BCUT2D eigenvalue weighted by Gasteiger charge is 1.96. The quantitative estimate of drug-likeness (QED) is 0.389. The lowest BCUT2D eigenvalue weighted by molar-refractivity contribution is 0.417. The molecule has 0 unspecified atom stereocenters. The number of hydrazine groups is 1. The van der Waals surface area contributed by atoms with Crippen LogP contribution in [0, 0.1) is 0 Å². The fourth-order valence-electron chi connectivity index (χ4n) is 0.320. The summed E-state index contributed by atoms with van der Waals surface area (Å²) in [6.07, 6.45) is 1.22. The summed E-state index contributed by atoms with van der Waals surface area (Å²) in [5, 5.41) is 4.70. The minimum absolute atomic E-state index is 0.380. The molecule has 2 N–H and O–H groups in total. The second kappa shape index (κ2) is 1.79. The van der Waals surface area contributed by atoms with Crippen LogP contribution in [0.2, 0.25) is 0 Å². The maximum absolute atomic E-state index is 5.21. The molecule has 0 amide bonds. The van der Waals surface area contributed by atoms with E-state index in [1.165, 1.54) is 11.4 Å². The van der Waals surface area contributed by atoms with Crippen LogP contribution in [0.4, 0.5) is 5.95 Å². The fraction of sp³-hybridized carbons (Fsp3) is 0.333. The van der Waals surface area contributed by atoms with E-state index in [1.807, 2.05) is 0 Å². The minimum Gasteiger partial charge on any atom is -0.341 e. The number of hydrogen-bond acceptors (Lipinski definition) is 5. The Hall–Kier alpha value is -1.10. The van der Waals surface area contributed by atoms with Crippen molar-refractivity contribution in [2.24, 2.45) is 5.84 Å². The number of hydrogen-bond donors (Lipinski definition) is 1. The predicted octanol–water partition coefficient (Wildman–Crippen LogP) is -0.621. The van der Waals surface area contributed by atoms with Crippen molar-refractivity contribution in [3.63, 3.8) is 0 Å². The summed E-state index contributed by atoms with van der Waals surface area (Å²) >= 11 is 0. The summed E-state index contributed by atoms with van der Waals surface area (Å²) in [6, 6.07) is 0. The Kier molecular flexibility index (Phi) is 1.13. The lowest BCUT2D eigenvalue weighted by atomic mass is 11.0. The fourth-order valence-corrected chi connectivity index (χ4v) is 0.320. The molecule has 0 aliphatic rings. The van der Waals surface area contributed by atoms with E-state index in [1.54, 1.807) is 7.05 Å². The van der Waals surface area contributed by atoms with Gasteiger partial charge in [-0.2, -0.15) is 4.98 Å². The second-order valence-corrected chi connectivity index (χ2v) is 1.34. The second-order valence-electron chi connectivity index (χ2n) is 1.34. The van der Waals surface area contributed by atoms with E-state index >= 15 is 0 Å². The smallest absolute Gasteiger partial charge is 0.279 e. The van der Waals surface area contributed by atoms with Gasteiger partial charge in [0.05, 0.1) is 0 Å². The molecule has 1 rings (SSSR count). The number of anilines is 1. The van der Waals surface area contributed by atoms with Crippen molar-refractivity contribution in [2.45, 2.75) is 0 Å². The highest BCUT2D eigenvalue weighted by molar-refractivity contribution is 5.19. The third-order valence-electron chi connectivity index (χ3n) is 0.665. The van der Waals surface area contributed by atoms with Gasteiger partial charge in [-0.25, -0.2) is 5.84 Å². The average molecular weight is 114 g/mol. The van der Waals surface area contributed by atoms with Gasteiger partial charge in [-0.05, 0) is 5.16 Å². The number of nitrogens with zero attached hydrogens (tertiary/aromatic N) is 3. The van der Waals surface area contributed by atoms with E-state index in [9.17, 15) is 0 Å². The summed E-state index contributed by atoms with van der Waals surface area (Å²) in [6.45, 7) is 0. The van der Waals surface area contributed by atoms with Gasteiger partial charge in [-0.15, -0.1) is 0 Å². The number of nitrogens with two attached hydrogens (primary N) is 1. The summed E-state index contributed by atoms with van der Waals surface area (Å²) in [5.74, 6) is 5.59. The van der Waals surface area contributed by atoms with Crippen LogP contribution in [0.5, 0.6) is 0 Å². The molecule has 0 aliphatic carbocycles. The first kappa shape index (κ1) is 5.04. The summed E-state index contributed by atoms with van der Waals surface area (Å²) in [4.78, 5) is 3.64. The van der Waals surface area contributed by atoms with Crippen LogP contribution in [0.25, 0.3) is 0 Å². The molecule has 0 aliphatic heterocycles. The Morgan fingerprint density at radius 3 is 2.88 bits per heavy atom. The monoisotopic (exact) mass is 114 g/mol. The molecule has 1 aromatic rings. The van der Waals surface area contributed by atoms with E-state index in [0.717, 1.165) is 0 Å². The van der Waals surface area contributed by atoms with Crippen LogP contribution in [0.3, 0.4) is 0 Å². The third-order valence-corrected chi connectivity index (χ3v) is 0.665. The van der Waals surface area contributed by atoms with Crippen LogP contribution in [-0.2, 0) is 0 Å². The van der Waals surface area contributed by atoms with Crippen LogP contribution < -0.4 is 10.9 Å². The van der Waals surface area contributed by atoms with Crippen molar-refractivity contribution < 1.29 is 4.52 Å². The maximum Gasteiger partial charge on any atom is 0.279 e. The van der Waals surface area contributed by atoms with E-state index in [0.29, 0.717) is 5.95 Å². The Labute approximate surface area is 46.1 Å². The molecule has 8 heavy (non-hydrogen) atoms. The summed E-state index contributed by atoms with van der Waals surface area (Å²) in [7, 11) is 1.63. The molecular formula is C3H6N4O. The molecule has 44 valence electrons. The molecule has 1 heterocycles. The van der Waals surface area contributed by atoms with Gasteiger partial charge in [-0.1, -0.05) is 0 Å². The van der Waals surface area contributed by atoms with Crippen molar-refractivity contribution in [3.8, 4) is 0 Å². The van der Waals surface area contributed by atoms with Crippen molar-refractivity contribution in [1.82, 2.24) is 10.1 Å². The Morgan fingerprint density at radius 1 is 1.88 bits per heavy atom. The normalized spacial score (nSPS) is 9.25. The van der Waals surface area contributed by atoms with Gasteiger partial charge in [0.1, 0.15) is 0 Å².